The number of pyridine rings is 1. The number of carbonyl (C=O) groups excluding carboxylic acids is 1. The largest absolute Gasteiger partial charge is 0.349 e. The van der Waals surface area contributed by atoms with Crippen LogP contribution in [0, 0.1) is 0 Å². The van der Waals surface area contributed by atoms with Crippen molar-refractivity contribution in [3.05, 3.63) is 64.4 Å². The van der Waals surface area contributed by atoms with Crippen LogP contribution in [0.4, 0.5) is 0 Å². The van der Waals surface area contributed by atoms with E-state index in [1.54, 1.807) is 24.5 Å². The Balaban J connectivity index is 1.92. The monoisotopic (exact) mass is 318 g/mol. The summed E-state index contributed by atoms with van der Waals surface area (Å²) in [5.74, 6) is -0.0630. The zero-order chi connectivity index (χ0) is 13.7. The molecular formula is C15H15BrN2O. The van der Waals surface area contributed by atoms with Crippen LogP contribution < -0.4 is 5.32 Å². The normalized spacial score (nSPS) is 11.9. The molecule has 4 heteroatoms. The number of nitrogens with zero attached hydrogens (tertiary/aromatic N) is 1. The molecule has 19 heavy (non-hydrogen) atoms. The molecule has 2 rings (SSSR count). The third-order valence-electron chi connectivity index (χ3n) is 2.78. The average Bonchev–Trinajstić information content (AvgIpc) is 2.42. The van der Waals surface area contributed by atoms with Gasteiger partial charge in [0.25, 0.3) is 5.91 Å². The summed E-state index contributed by atoms with van der Waals surface area (Å²) < 4.78 is 1.06. The minimum absolute atomic E-state index is 0.0630. The maximum absolute atomic E-state index is 12.0. The van der Waals surface area contributed by atoms with Crippen molar-refractivity contribution in [2.24, 2.45) is 0 Å². The molecule has 3 nitrogen and oxygen atoms in total. The molecule has 1 heterocycles. The van der Waals surface area contributed by atoms with Crippen molar-refractivity contribution in [1.29, 1.82) is 0 Å². The average molecular weight is 319 g/mol. The second kappa shape index (κ2) is 6.48. The molecule has 98 valence electrons. The van der Waals surface area contributed by atoms with Crippen LogP contribution in [0.15, 0.2) is 53.3 Å². The van der Waals surface area contributed by atoms with E-state index in [4.69, 9.17) is 0 Å². The number of benzene rings is 1. The molecule has 0 saturated carbocycles. The lowest BCUT2D eigenvalue weighted by Crippen LogP contribution is -2.34. The molecule has 0 aliphatic carbocycles. The number of aromatic nitrogens is 1. The fraction of sp³-hybridized carbons (Fsp3) is 0.200. The molecule has 0 aliphatic rings. The van der Waals surface area contributed by atoms with Gasteiger partial charge in [-0.1, -0.05) is 28.1 Å². The van der Waals surface area contributed by atoms with E-state index >= 15 is 0 Å². The van der Waals surface area contributed by atoms with Crippen LogP contribution in [0.25, 0.3) is 0 Å². The first-order valence-electron chi connectivity index (χ1n) is 6.10. The number of carbonyl (C=O) groups is 1. The second-order valence-electron chi connectivity index (χ2n) is 4.44. The van der Waals surface area contributed by atoms with Crippen LogP contribution in [-0.4, -0.2) is 16.9 Å². The van der Waals surface area contributed by atoms with E-state index in [2.05, 4.69) is 38.4 Å². The van der Waals surface area contributed by atoms with Gasteiger partial charge in [0.15, 0.2) is 0 Å². The molecule has 2 aromatic rings. The summed E-state index contributed by atoms with van der Waals surface area (Å²) in [5, 5.41) is 2.98. The smallest absolute Gasteiger partial charge is 0.251 e. The van der Waals surface area contributed by atoms with Crippen LogP contribution in [-0.2, 0) is 6.42 Å². The lowest BCUT2D eigenvalue weighted by atomic mass is 10.1. The van der Waals surface area contributed by atoms with Crippen molar-refractivity contribution in [1.82, 2.24) is 10.3 Å². The minimum Gasteiger partial charge on any atom is -0.349 e. The van der Waals surface area contributed by atoms with Crippen LogP contribution in [0.5, 0.6) is 0 Å². The predicted molar refractivity (Wildman–Crippen MR) is 79.0 cm³/mol. The van der Waals surface area contributed by atoms with Gasteiger partial charge in [-0.3, -0.25) is 9.78 Å². The summed E-state index contributed by atoms with van der Waals surface area (Å²) >= 11 is 3.41. The Morgan fingerprint density at radius 2 is 1.84 bits per heavy atom. The van der Waals surface area contributed by atoms with E-state index < -0.39 is 0 Å². The van der Waals surface area contributed by atoms with Crippen molar-refractivity contribution in [2.75, 3.05) is 0 Å². The van der Waals surface area contributed by atoms with Gasteiger partial charge in [-0.2, -0.15) is 0 Å². The zero-order valence-corrected chi connectivity index (χ0v) is 12.2. The molecule has 0 bridgehead atoms. The van der Waals surface area contributed by atoms with E-state index in [0.717, 1.165) is 10.9 Å². The van der Waals surface area contributed by atoms with Crippen LogP contribution in [0.2, 0.25) is 0 Å². The molecule has 1 aromatic carbocycles. The fourth-order valence-electron chi connectivity index (χ4n) is 1.84. The second-order valence-corrected chi connectivity index (χ2v) is 5.36. The maximum Gasteiger partial charge on any atom is 0.251 e. The predicted octanol–water partition coefficient (Wildman–Crippen LogP) is 3.21. The van der Waals surface area contributed by atoms with Crippen molar-refractivity contribution in [2.45, 2.75) is 19.4 Å². The van der Waals surface area contributed by atoms with E-state index in [9.17, 15) is 4.79 Å². The van der Waals surface area contributed by atoms with Gasteiger partial charge >= 0.3 is 0 Å². The van der Waals surface area contributed by atoms with Gasteiger partial charge in [-0.25, -0.2) is 0 Å². The topological polar surface area (TPSA) is 42.0 Å². The molecule has 0 spiro atoms. The standard InChI is InChI=1S/C15H15BrN2O/c1-11(10-12-2-4-14(16)5-3-12)18-15(19)13-6-8-17-9-7-13/h2-9,11H,10H2,1H3,(H,18,19)/t11-/m1/s1. The van der Waals surface area contributed by atoms with Crippen LogP contribution in [0.1, 0.15) is 22.8 Å². The molecule has 0 aliphatic heterocycles. The first-order valence-corrected chi connectivity index (χ1v) is 6.90. The maximum atomic E-state index is 12.0. The molecule has 0 radical (unpaired) electrons. The fourth-order valence-corrected chi connectivity index (χ4v) is 2.10. The van der Waals surface area contributed by atoms with E-state index in [1.807, 2.05) is 19.1 Å². The summed E-state index contributed by atoms with van der Waals surface area (Å²) in [5.41, 5.74) is 1.84. The van der Waals surface area contributed by atoms with Gasteiger partial charge < -0.3 is 5.32 Å². The third kappa shape index (κ3) is 4.17. The molecule has 1 atom stereocenters. The van der Waals surface area contributed by atoms with Gasteiger partial charge in [-0.15, -0.1) is 0 Å². The van der Waals surface area contributed by atoms with Gasteiger partial charge in [0, 0.05) is 28.5 Å². The zero-order valence-electron chi connectivity index (χ0n) is 10.6. The van der Waals surface area contributed by atoms with Gasteiger partial charge in [0.1, 0.15) is 0 Å². The highest BCUT2D eigenvalue weighted by Crippen LogP contribution is 2.12. The SMILES string of the molecule is C[C@H](Cc1ccc(Br)cc1)NC(=O)c1ccncc1. The van der Waals surface area contributed by atoms with E-state index in [-0.39, 0.29) is 11.9 Å². The van der Waals surface area contributed by atoms with Crippen molar-refractivity contribution >= 4 is 21.8 Å². The Morgan fingerprint density at radius 3 is 2.47 bits per heavy atom. The molecule has 0 saturated heterocycles. The molecule has 1 amide bonds. The first-order chi connectivity index (χ1) is 9.15. The number of hydrogen-bond donors (Lipinski definition) is 1. The minimum atomic E-state index is -0.0630. The lowest BCUT2D eigenvalue weighted by molar-refractivity contribution is 0.0940. The van der Waals surface area contributed by atoms with Crippen molar-refractivity contribution in [3.63, 3.8) is 0 Å². The summed E-state index contributed by atoms with van der Waals surface area (Å²) in [6.45, 7) is 2.00. The quantitative estimate of drug-likeness (QED) is 0.940. The van der Waals surface area contributed by atoms with Gasteiger partial charge in [-0.05, 0) is 43.2 Å². The number of nitrogens with one attached hydrogen (secondary N) is 1. The van der Waals surface area contributed by atoms with E-state index in [0.29, 0.717) is 5.56 Å². The summed E-state index contributed by atoms with van der Waals surface area (Å²) in [4.78, 5) is 15.9. The van der Waals surface area contributed by atoms with Crippen LogP contribution >= 0.6 is 15.9 Å². The Labute approximate surface area is 121 Å². The summed E-state index contributed by atoms with van der Waals surface area (Å²) in [7, 11) is 0. The Kier molecular flexibility index (Phi) is 4.68. The van der Waals surface area contributed by atoms with E-state index in [1.165, 1.54) is 5.56 Å². The number of rotatable bonds is 4. The van der Waals surface area contributed by atoms with Crippen molar-refractivity contribution < 1.29 is 4.79 Å². The number of amides is 1. The van der Waals surface area contributed by atoms with Crippen LogP contribution in [0.3, 0.4) is 0 Å². The molecular weight excluding hydrogens is 304 g/mol. The molecule has 1 N–H and O–H groups in total. The number of hydrogen-bond acceptors (Lipinski definition) is 2. The summed E-state index contributed by atoms with van der Waals surface area (Å²) in [6, 6.07) is 11.6. The first kappa shape index (κ1) is 13.7. The summed E-state index contributed by atoms with van der Waals surface area (Å²) in [6.07, 6.45) is 4.05. The number of halogens is 1. The highest BCUT2D eigenvalue weighted by molar-refractivity contribution is 9.10. The van der Waals surface area contributed by atoms with Gasteiger partial charge in [0.05, 0.1) is 0 Å². The van der Waals surface area contributed by atoms with Gasteiger partial charge in [0.2, 0.25) is 0 Å². The lowest BCUT2D eigenvalue weighted by Gasteiger charge is -2.14. The molecule has 0 unspecified atom stereocenters. The third-order valence-corrected chi connectivity index (χ3v) is 3.30. The Morgan fingerprint density at radius 1 is 1.21 bits per heavy atom. The van der Waals surface area contributed by atoms with Crippen molar-refractivity contribution in [3.8, 4) is 0 Å². The Bertz CT molecular complexity index is 540. The highest BCUT2D eigenvalue weighted by Gasteiger charge is 2.09. The Hall–Kier alpha value is -1.68. The molecule has 0 fully saturated rings. The highest BCUT2D eigenvalue weighted by atomic mass is 79.9. The molecule has 1 aromatic heterocycles.